The Hall–Kier alpha value is -0.490. The number of methoxy groups -OCH3 is 1. The van der Waals surface area contributed by atoms with Gasteiger partial charge in [0.2, 0.25) is 0 Å². The lowest BCUT2D eigenvalue weighted by Gasteiger charge is -2.38. The van der Waals surface area contributed by atoms with Gasteiger partial charge in [-0.25, -0.2) is 4.98 Å². The molecule has 0 bridgehead atoms. The number of rotatable bonds is 4. The maximum absolute atomic E-state index is 5.82. The van der Waals surface area contributed by atoms with Crippen LogP contribution in [0.25, 0.3) is 0 Å². The van der Waals surface area contributed by atoms with E-state index >= 15 is 0 Å². The maximum Gasteiger partial charge on any atom is 0.0795 e. The van der Waals surface area contributed by atoms with Gasteiger partial charge in [0.15, 0.2) is 0 Å². The highest BCUT2D eigenvalue weighted by Crippen LogP contribution is 2.21. The Morgan fingerprint density at radius 1 is 1.69 bits per heavy atom. The number of likely N-dealkylation sites (tertiary alicyclic amines) is 1. The number of nitrogens with two attached hydrogens (primary N) is 1. The van der Waals surface area contributed by atoms with Crippen LogP contribution in [0.3, 0.4) is 0 Å². The smallest absolute Gasteiger partial charge is 0.0795 e. The second-order valence-electron chi connectivity index (χ2n) is 4.22. The van der Waals surface area contributed by atoms with Gasteiger partial charge < -0.3 is 10.5 Å². The third-order valence-corrected chi connectivity index (χ3v) is 3.88. The van der Waals surface area contributed by atoms with E-state index in [1.54, 1.807) is 18.4 Å². The maximum atomic E-state index is 5.82. The molecule has 0 radical (unpaired) electrons. The zero-order valence-corrected chi connectivity index (χ0v) is 10.4. The third-order valence-electron chi connectivity index (χ3n) is 3.24. The first-order chi connectivity index (χ1) is 7.83. The van der Waals surface area contributed by atoms with E-state index in [-0.39, 0.29) is 0 Å². The van der Waals surface area contributed by atoms with E-state index < -0.39 is 0 Å². The van der Waals surface area contributed by atoms with Gasteiger partial charge in [0, 0.05) is 38.2 Å². The van der Waals surface area contributed by atoms with E-state index in [1.165, 1.54) is 0 Å². The Labute approximate surface area is 100 Å². The van der Waals surface area contributed by atoms with Crippen LogP contribution in [0.5, 0.6) is 0 Å². The number of nitrogens with zero attached hydrogens (tertiary/aromatic N) is 2. The van der Waals surface area contributed by atoms with Crippen LogP contribution in [0.2, 0.25) is 0 Å². The molecule has 0 saturated carbocycles. The predicted octanol–water partition coefficient (Wildman–Crippen LogP) is 1.08. The first-order valence-electron chi connectivity index (χ1n) is 5.67. The topological polar surface area (TPSA) is 51.4 Å². The molecule has 2 rings (SSSR count). The molecule has 1 saturated heterocycles. The van der Waals surface area contributed by atoms with Crippen LogP contribution < -0.4 is 5.73 Å². The van der Waals surface area contributed by atoms with Crippen molar-refractivity contribution in [1.29, 1.82) is 0 Å². The highest BCUT2D eigenvalue weighted by atomic mass is 32.1. The van der Waals surface area contributed by atoms with Crippen molar-refractivity contribution in [3.05, 3.63) is 16.6 Å². The molecule has 2 heterocycles. The van der Waals surface area contributed by atoms with Crippen molar-refractivity contribution in [3.8, 4) is 0 Å². The van der Waals surface area contributed by atoms with Crippen LogP contribution in [-0.4, -0.2) is 42.2 Å². The number of ether oxygens (including phenoxy) is 1. The molecule has 1 aliphatic heterocycles. The lowest BCUT2D eigenvalue weighted by molar-refractivity contribution is 0.00984. The Balaban J connectivity index is 1.93. The molecule has 0 aliphatic carbocycles. The zero-order chi connectivity index (χ0) is 11.4. The van der Waals surface area contributed by atoms with Crippen LogP contribution in [0.4, 0.5) is 0 Å². The molecular weight excluding hydrogens is 222 g/mol. The van der Waals surface area contributed by atoms with Gasteiger partial charge in [-0.2, -0.15) is 0 Å². The average Bonchev–Trinajstić information content (AvgIpc) is 2.82. The SMILES string of the molecule is COC1CCN(Cc2cscn2)C(CN)C1. The molecule has 1 fully saturated rings. The lowest BCUT2D eigenvalue weighted by Crippen LogP contribution is -2.48. The van der Waals surface area contributed by atoms with Crippen molar-refractivity contribution >= 4 is 11.3 Å². The van der Waals surface area contributed by atoms with Gasteiger partial charge in [-0.3, -0.25) is 4.90 Å². The number of hydrogen-bond donors (Lipinski definition) is 1. The summed E-state index contributed by atoms with van der Waals surface area (Å²) in [7, 11) is 1.79. The van der Waals surface area contributed by atoms with E-state index in [0.29, 0.717) is 18.7 Å². The van der Waals surface area contributed by atoms with Gasteiger partial charge in [-0.1, -0.05) is 0 Å². The second kappa shape index (κ2) is 5.72. The molecule has 2 unspecified atom stereocenters. The minimum absolute atomic E-state index is 0.375. The summed E-state index contributed by atoms with van der Waals surface area (Å²) in [6.07, 6.45) is 2.51. The standard InChI is InChI=1S/C11H19N3OS/c1-15-11-2-3-14(10(4-11)5-12)6-9-7-16-8-13-9/h7-8,10-11H,2-6,12H2,1H3. The normalized spacial score (nSPS) is 27.1. The fraction of sp³-hybridized carbons (Fsp3) is 0.727. The van der Waals surface area contributed by atoms with Gasteiger partial charge in [0.1, 0.15) is 0 Å². The van der Waals surface area contributed by atoms with Crippen LogP contribution >= 0.6 is 11.3 Å². The minimum Gasteiger partial charge on any atom is -0.381 e. The molecule has 1 aliphatic rings. The molecule has 2 atom stereocenters. The summed E-state index contributed by atoms with van der Waals surface area (Å²) >= 11 is 1.65. The Bertz CT molecular complexity index is 304. The Kier molecular flexibility index (Phi) is 4.29. The van der Waals surface area contributed by atoms with Crippen LogP contribution in [0, 0.1) is 0 Å². The van der Waals surface area contributed by atoms with Gasteiger partial charge in [-0.15, -0.1) is 11.3 Å². The number of hydrogen-bond acceptors (Lipinski definition) is 5. The van der Waals surface area contributed by atoms with Gasteiger partial charge in [0.25, 0.3) is 0 Å². The summed E-state index contributed by atoms with van der Waals surface area (Å²) in [6, 6.07) is 0.431. The Morgan fingerprint density at radius 2 is 2.56 bits per heavy atom. The predicted molar refractivity (Wildman–Crippen MR) is 65.4 cm³/mol. The first-order valence-corrected chi connectivity index (χ1v) is 6.61. The average molecular weight is 241 g/mol. The van der Waals surface area contributed by atoms with Crippen molar-refractivity contribution in [2.45, 2.75) is 31.5 Å². The van der Waals surface area contributed by atoms with E-state index in [9.17, 15) is 0 Å². The molecule has 2 N–H and O–H groups in total. The third kappa shape index (κ3) is 2.79. The first kappa shape index (κ1) is 12.0. The van der Waals surface area contributed by atoms with E-state index in [0.717, 1.165) is 31.6 Å². The fourth-order valence-electron chi connectivity index (χ4n) is 2.25. The number of piperidine rings is 1. The van der Waals surface area contributed by atoms with Crippen molar-refractivity contribution < 1.29 is 4.74 Å². The largest absolute Gasteiger partial charge is 0.381 e. The molecule has 1 aromatic heterocycles. The fourth-order valence-corrected chi connectivity index (χ4v) is 2.80. The zero-order valence-electron chi connectivity index (χ0n) is 9.63. The van der Waals surface area contributed by atoms with Crippen LogP contribution in [-0.2, 0) is 11.3 Å². The number of thiazole rings is 1. The minimum atomic E-state index is 0.375. The summed E-state index contributed by atoms with van der Waals surface area (Å²) in [5.41, 5.74) is 8.86. The summed E-state index contributed by atoms with van der Waals surface area (Å²) < 4.78 is 5.41. The molecule has 0 spiro atoms. The molecule has 1 aromatic rings. The molecule has 4 nitrogen and oxygen atoms in total. The van der Waals surface area contributed by atoms with E-state index in [2.05, 4.69) is 15.3 Å². The van der Waals surface area contributed by atoms with Crippen molar-refractivity contribution in [2.75, 3.05) is 20.2 Å². The highest BCUT2D eigenvalue weighted by Gasteiger charge is 2.27. The van der Waals surface area contributed by atoms with Gasteiger partial charge in [0.05, 0.1) is 17.3 Å². The molecule has 16 heavy (non-hydrogen) atoms. The molecule has 0 aromatic carbocycles. The monoisotopic (exact) mass is 241 g/mol. The van der Waals surface area contributed by atoms with Gasteiger partial charge in [-0.05, 0) is 12.8 Å². The Morgan fingerprint density at radius 3 is 3.19 bits per heavy atom. The summed E-state index contributed by atoms with van der Waals surface area (Å²) in [5.74, 6) is 0. The molecule has 90 valence electrons. The van der Waals surface area contributed by atoms with Crippen LogP contribution in [0.1, 0.15) is 18.5 Å². The summed E-state index contributed by atoms with van der Waals surface area (Å²) in [5, 5.41) is 2.11. The van der Waals surface area contributed by atoms with Gasteiger partial charge >= 0.3 is 0 Å². The van der Waals surface area contributed by atoms with Crippen molar-refractivity contribution in [2.24, 2.45) is 5.73 Å². The lowest BCUT2D eigenvalue weighted by atomic mass is 9.99. The molecular formula is C11H19N3OS. The molecule has 5 heteroatoms. The van der Waals surface area contributed by atoms with Crippen LogP contribution in [0.15, 0.2) is 10.9 Å². The van der Waals surface area contributed by atoms with Crippen molar-refractivity contribution in [3.63, 3.8) is 0 Å². The highest BCUT2D eigenvalue weighted by molar-refractivity contribution is 7.07. The summed E-state index contributed by atoms with van der Waals surface area (Å²) in [6.45, 7) is 2.67. The number of aromatic nitrogens is 1. The van der Waals surface area contributed by atoms with E-state index in [4.69, 9.17) is 10.5 Å². The quantitative estimate of drug-likeness (QED) is 0.857. The second-order valence-corrected chi connectivity index (χ2v) is 4.94. The summed E-state index contributed by atoms with van der Waals surface area (Å²) in [4.78, 5) is 6.74. The van der Waals surface area contributed by atoms with E-state index in [1.807, 2.05) is 5.51 Å². The van der Waals surface area contributed by atoms with Crippen molar-refractivity contribution in [1.82, 2.24) is 9.88 Å². The molecule has 0 amide bonds.